The highest BCUT2D eigenvalue weighted by atomic mass is 35.5. The first-order chi connectivity index (χ1) is 19.1. The number of amides is 1. The summed E-state index contributed by atoms with van der Waals surface area (Å²) in [6.07, 6.45) is 4.76. The lowest BCUT2D eigenvalue weighted by Crippen LogP contribution is -2.52. The molecule has 3 unspecified atom stereocenters. The second kappa shape index (κ2) is 10.2. The molecule has 2 bridgehead atoms. The highest BCUT2D eigenvalue weighted by molar-refractivity contribution is 7.90. The number of carbonyl (C=O) groups excluding carboxylic acids is 1. The maximum Gasteiger partial charge on any atom is 0.269 e. The van der Waals surface area contributed by atoms with E-state index in [1.807, 2.05) is 18.9 Å². The summed E-state index contributed by atoms with van der Waals surface area (Å²) in [6.45, 7) is 2.76. The third kappa shape index (κ3) is 4.78. The maximum absolute atomic E-state index is 13.4. The van der Waals surface area contributed by atoms with Crippen molar-refractivity contribution in [3.63, 3.8) is 0 Å². The second-order valence-corrected chi connectivity index (χ2v) is 13.2. The van der Waals surface area contributed by atoms with Crippen molar-refractivity contribution in [1.29, 1.82) is 0 Å². The van der Waals surface area contributed by atoms with Gasteiger partial charge in [0, 0.05) is 35.5 Å². The number of hydrogen-bond donors (Lipinski definition) is 1. The Morgan fingerprint density at radius 2 is 1.80 bits per heavy atom. The van der Waals surface area contributed by atoms with Gasteiger partial charge in [0.1, 0.15) is 12.1 Å². The molecule has 208 valence electrons. The first-order valence-corrected chi connectivity index (χ1v) is 15.2. The van der Waals surface area contributed by atoms with E-state index >= 15 is 0 Å². The normalized spacial score (nSPS) is 20.3. The van der Waals surface area contributed by atoms with Gasteiger partial charge in [0.25, 0.3) is 10.0 Å². The number of rotatable bonds is 7. The van der Waals surface area contributed by atoms with E-state index < -0.39 is 10.0 Å². The number of likely N-dealkylation sites (tertiary alicyclic amines) is 1. The number of likely N-dealkylation sites (N-methyl/N-ethyl adjacent to an activating group) is 1. The molecule has 1 N–H and O–H groups in total. The van der Waals surface area contributed by atoms with Gasteiger partial charge in [0.05, 0.1) is 28.9 Å². The van der Waals surface area contributed by atoms with Gasteiger partial charge in [-0.2, -0.15) is 0 Å². The quantitative estimate of drug-likeness (QED) is 0.325. The fourth-order valence-corrected chi connectivity index (χ4v) is 7.83. The van der Waals surface area contributed by atoms with E-state index in [4.69, 9.17) is 23.2 Å². The van der Waals surface area contributed by atoms with Crippen LogP contribution in [0.25, 0.3) is 11.0 Å². The average Bonchev–Trinajstić information content (AvgIpc) is 3.65. The van der Waals surface area contributed by atoms with Crippen LogP contribution in [0.3, 0.4) is 0 Å². The summed E-state index contributed by atoms with van der Waals surface area (Å²) in [5, 5.41) is 4.78. The molecule has 1 aliphatic carbocycles. The van der Waals surface area contributed by atoms with E-state index in [1.165, 1.54) is 16.5 Å². The minimum absolute atomic E-state index is 0.00452. The summed E-state index contributed by atoms with van der Waals surface area (Å²) in [4.78, 5) is 26.3. The van der Waals surface area contributed by atoms with E-state index in [2.05, 4.69) is 20.2 Å². The van der Waals surface area contributed by atoms with Crippen molar-refractivity contribution in [2.45, 2.75) is 36.7 Å². The summed E-state index contributed by atoms with van der Waals surface area (Å²) in [7, 11) is -1.88. The van der Waals surface area contributed by atoms with Crippen molar-refractivity contribution >= 4 is 61.7 Å². The number of benzene rings is 2. The van der Waals surface area contributed by atoms with Gasteiger partial charge in [-0.05, 0) is 62.1 Å². The van der Waals surface area contributed by atoms with Gasteiger partial charge >= 0.3 is 0 Å². The molecular weight excluding hydrogens is 571 g/mol. The Hall–Kier alpha value is -3.34. The predicted molar refractivity (Wildman–Crippen MR) is 157 cm³/mol. The Bertz CT molecular complexity index is 1690. The van der Waals surface area contributed by atoms with Crippen LogP contribution < -0.4 is 10.2 Å². The van der Waals surface area contributed by atoms with Crippen molar-refractivity contribution in [3.05, 3.63) is 76.7 Å². The number of carbonyl (C=O) groups is 1. The van der Waals surface area contributed by atoms with Crippen LogP contribution >= 0.6 is 23.2 Å². The zero-order chi connectivity index (χ0) is 28.2. The van der Waals surface area contributed by atoms with Crippen LogP contribution in [-0.4, -0.2) is 65.4 Å². The first kappa shape index (κ1) is 26.9. The minimum Gasteiger partial charge on any atom is -0.376 e. The first-order valence-electron chi connectivity index (χ1n) is 13.0. The maximum atomic E-state index is 13.4. The number of aromatic nitrogens is 3. The molecule has 2 aromatic heterocycles. The monoisotopic (exact) mass is 598 g/mol. The summed E-state index contributed by atoms with van der Waals surface area (Å²) in [5.74, 6) is 1.04. The van der Waals surface area contributed by atoms with Gasteiger partial charge in [0.15, 0.2) is 5.65 Å². The van der Waals surface area contributed by atoms with Crippen LogP contribution in [0.1, 0.15) is 18.4 Å². The molecule has 3 heterocycles. The number of hydrogen-bond acceptors (Lipinski definition) is 7. The van der Waals surface area contributed by atoms with Crippen LogP contribution in [0, 0.1) is 12.8 Å². The van der Waals surface area contributed by atoms with Gasteiger partial charge in [-0.1, -0.05) is 40.9 Å². The lowest BCUT2D eigenvalue weighted by molar-refractivity contribution is -0.131. The van der Waals surface area contributed by atoms with Crippen LogP contribution in [0.15, 0.2) is 66.0 Å². The Kier molecular flexibility index (Phi) is 6.88. The van der Waals surface area contributed by atoms with Crippen molar-refractivity contribution in [2.24, 2.45) is 5.92 Å². The number of nitrogens with zero attached hydrogens (tertiary/aromatic N) is 5. The average molecular weight is 600 g/mol. The van der Waals surface area contributed by atoms with E-state index in [-0.39, 0.29) is 29.4 Å². The minimum atomic E-state index is -3.83. The highest BCUT2D eigenvalue weighted by Crippen LogP contribution is 2.42. The lowest BCUT2D eigenvalue weighted by atomic mass is 10.0. The molecule has 0 spiro atoms. The molecular formula is C28H28Cl2N6O3S. The van der Waals surface area contributed by atoms with Crippen molar-refractivity contribution in [1.82, 2.24) is 18.8 Å². The van der Waals surface area contributed by atoms with Crippen LogP contribution in [0.5, 0.6) is 0 Å². The predicted octanol–water partition coefficient (Wildman–Crippen LogP) is 4.82. The third-order valence-electron chi connectivity index (χ3n) is 7.91. The Morgan fingerprint density at radius 3 is 2.50 bits per heavy atom. The molecule has 2 aliphatic rings. The highest BCUT2D eigenvalue weighted by Gasteiger charge is 2.48. The van der Waals surface area contributed by atoms with Gasteiger partial charge in [-0.3, -0.25) is 4.79 Å². The van der Waals surface area contributed by atoms with E-state index in [0.717, 1.165) is 24.9 Å². The lowest BCUT2D eigenvalue weighted by Gasteiger charge is -2.39. The van der Waals surface area contributed by atoms with Gasteiger partial charge in [-0.15, -0.1) is 0 Å². The summed E-state index contributed by atoms with van der Waals surface area (Å²) < 4.78 is 28.0. The fraction of sp³-hybridized carbons (Fsp3) is 0.321. The van der Waals surface area contributed by atoms with Gasteiger partial charge < -0.3 is 15.1 Å². The molecule has 40 heavy (non-hydrogen) atoms. The van der Waals surface area contributed by atoms with Crippen LogP contribution in [-0.2, 0) is 14.8 Å². The third-order valence-corrected chi connectivity index (χ3v) is 10.0. The molecule has 2 fully saturated rings. The number of anilines is 2. The van der Waals surface area contributed by atoms with Gasteiger partial charge in [0.2, 0.25) is 5.91 Å². The summed E-state index contributed by atoms with van der Waals surface area (Å²) in [6, 6.07) is 13.7. The number of fused-ring (bicyclic) bond motifs is 3. The summed E-state index contributed by atoms with van der Waals surface area (Å²) >= 11 is 12.2. The zero-order valence-corrected chi connectivity index (χ0v) is 24.3. The SMILES string of the molecule is Cc1ccc(S(=O)(=O)n2ccc3c(N(C)C4CC5CC4N(C(=O)CNc4cc(Cl)cc(Cl)c4)C5)ncnc32)cc1. The molecule has 1 saturated heterocycles. The molecule has 4 aromatic rings. The van der Waals surface area contributed by atoms with Crippen LogP contribution in [0.4, 0.5) is 11.5 Å². The van der Waals surface area contributed by atoms with E-state index in [1.54, 1.807) is 48.5 Å². The number of aryl methyl sites for hydroxylation is 1. The van der Waals surface area contributed by atoms with E-state index in [9.17, 15) is 13.2 Å². The molecule has 12 heteroatoms. The molecule has 1 saturated carbocycles. The van der Waals surface area contributed by atoms with Gasteiger partial charge in [-0.25, -0.2) is 22.4 Å². The molecule has 2 aromatic carbocycles. The molecule has 6 rings (SSSR count). The largest absolute Gasteiger partial charge is 0.376 e. The molecule has 1 aliphatic heterocycles. The van der Waals surface area contributed by atoms with Crippen molar-refractivity contribution < 1.29 is 13.2 Å². The van der Waals surface area contributed by atoms with E-state index in [0.29, 0.717) is 38.5 Å². The number of halogens is 2. The van der Waals surface area contributed by atoms with Crippen molar-refractivity contribution in [2.75, 3.05) is 30.4 Å². The topological polar surface area (TPSA) is 100 Å². The Labute approximate surface area is 242 Å². The number of piperidine rings is 1. The fourth-order valence-electron chi connectivity index (χ4n) is 6.00. The standard InChI is InChI=1S/C28H28Cl2N6O3S/c1-17-3-5-22(6-4-17)40(38,39)36-8-7-23-27(32-16-33-28(23)36)34(2)24-9-18-10-25(24)35(15-18)26(37)14-31-21-12-19(29)11-20(30)13-21/h3-8,11-13,16,18,24-25,31H,9-10,14-15H2,1-2H3. The number of nitrogens with one attached hydrogen (secondary N) is 1. The Morgan fingerprint density at radius 1 is 1.07 bits per heavy atom. The van der Waals surface area contributed by atoms with Crippen molar-refractivity contribution in [3.8, 4) is 0 Å². The second-order valence-electron chi connectivity index (χ2n) is 10.5. The smallest absolute Gasteiger partial charge is 0.269 e. The zero-order valence-electron chi connectivity index (χ0n) is 22.0. The van der Waals surface area contributed by atoms with Crippen LogP contribution in [0.2, 0.25) is 10.0 Å². The Balaban J connectivity index is 1.23. The molecule has 0 radical (unpaired) electrons. The summed E-state index contributed by atoms with van der Waals surface area (Å²) in [5.41, 5.74) is 1.99. The molecule has 9 nitrogen and oxygen atoms in total. The molecule has 3 atom stereocenters. The molecule has 1 amide bonds.